The predicted octanol–water partition coefficient (Wildman–Crippen LogP) is 1.22. The maximum atomic E-state index is 12.7. The van der Waals surface area contributed by atoms with Gasteiger partial charge in [0.25, 0.3) is 5.69 Å². The Kier molecular flexibility index (Phi) is 4.50. The average Bonchev–Trinajstić information content (AvgIpc) is 3.13. The molecule has 0 spiro atoms. The van der Waals surface area contributed by atoms with Gasteiger partial charge in [-0.1, -0.05) is 0 Å². The number of aromatic amines is 3. The Hall–Kier alpha value is -3.90. The number of nitrogens with one attached hydrogen (secondary N) is 4. The number of carbonyl (C=O) groups excluding carboxylic acids is 1. The van der Waals surface area contributed by atoms with Gasteiger partial charge in [-0.25, -0.2) is 0 Å². The Morgan fingerprint density at radius 2 is 1.75 bits per heavy atom. The molecule has 3 rings (SSSR count). The second-order valence-corrected chi connectivity index (χ2v) is 5.67. The van der Waals surface area contributed by atoms with Crippen molar-refractivity contribution in [3.05, 3.63) is 72.5 Å². The summed E-state index contributed by atoms with van der Waals surface area (Å²) in [4.78, 5) is 51.9. The number of carbonyl (C=O) groups is 1. The predicted molar refractivity (Wildman–Crippen MR) is 88.7 cm³/mol. The molecule has 1 unspecified atom stereocenters. The third-order valence-corrected chi connectivity index (χ3v) is 3.87. The number of H-pyrrole nitrogens is 3. The summed E-state index contributed by atoms with van der Waals surface area (Å²) >= 11 is 0. The zero-order valence-electron chi connectivity index (χ0n) is 13.6. The standard InChI is InChI=1S/C15H10F3N5O5/c16-15(17,18)14(26)22-11(6-1-2-19-5-6)7-3-8-9(4-10(7)23(27)28)21-13(25)12(24)20-8/h1-5,11,19H,(H,20,24)(H,21,25)(H,22,26). The van der Waals surface area contributed by atoms with E-state index in [1.54, 1.807) is 5.32 Å². The quantitative estimate of drug-likeness (QED) is 0.296. The molecule has 0 radical (unpaired) electrons. The van der Waals surface area contributed by atoms with Gasteiger partial charge < -0.3 is 20.3 Å². The zero-order valence-corrected chi connectivity index (χ0v) is 13.6. The van der Waals surface area contributed by atoms with Crippen molar-refractivity contribution >= 4 is 22.6 Å². The highest BCUT2D eigenvalue weighted by atomic mass is 19.4. The summed E-state index contributed by atoms with van der Waals surface area (Å²) in [7, 11) is 0. The Balaban J connectivity index is 2.26. The number of hydrogen-bond acceptors (Lipinski definition) is 5. The van der Waals surface area contributed by atoms with E-state index in [2.05, 4.69) is 15.0 Å². The molecule has 1 aromatic carbocycles. The van der Waals surface area contributed by atoms with Crippen LogP contribution in [0.3, 0.4) is 0 Å². The maximum Gasteiger partial charge on any atom is 0.471 e. The number of alkyl halides is 3. The van der Waals surface area contributed by atoms with E-state index in [0.29, 0.717) is 0 Å². The van der Waals surface area contributed by atoms with Gasteiger partial charge in [0, 0.05) is 18.5 Å². The maximum absolute atomic E-state index is 12.7. The highest BCUT2D eigenvalue weighted by Gasteiger charge is 2.41. The van der Waals surface area contributed by atoms with Crippen LogP contribution in [0.4, 0.5) is 18.9 Å². The van der Waals surface area contributed by atoms with E-state index < -0.39 is 39.9 Å². The Labute approximate surface area is 151 Å². The number of nitro groups is 1. The first-order chi connectivity index (χ1) is 13.1. The van der Waals surface area contributed by atoms with Gasteiger partial charge in [0.15, 0.2) is 0 Å². The lowest BCUT2D eigenvalue weighted by Crippen LogP contribution is -2.39. The van der Waals surface area contributed by atoms with Gasteiger partial charge in [0.05, 0.1) is 27.6 Å². The summed E-state index contributed by atoms with van der Waals surface area (Å²) in [5, 5.41) is 13.2. The molecule has 4 N–H and O–H groups in total. The second-order valence-electron chi connectivity index (χ2n) is 5.67. The largest absolute Gasteiger partial charge is 0.471 e. The molecular weight excluding hydrogens is 387 g/mol. The van der Waals surface area contributed by atoms with Crippen molar-refractivity contribution in [1.29, 1.82) is 0 Å². The molecule has 10 nitrogen and oxygen atoms in total. The number of fused-ring (bicyclic) bond motifs is 1. The van der Waals surface area contributed by atoms with Crippen molar-refractivity contribution in [2.45, 2.75) is 12.2 Å². The van der Waals surface area contributed by atoms with Gasteiger partial charge in [-0.05, 0) is 17.7 Å². The molecule has 1 amide bonds. The number of benzene rings is 1. The molecule has 0 fully saturated rings. The van der Waals surface area contributed by atoms with E-state index in [1.807, 2.05) is 0 Å². The van der Waals surface area contributed by atoms with Crippen molar-refractivity contribution in [2.24, 2.45) is 0 Å². The van der Waals surface area contributed by atoms with E-state index >= 15 is 0 Å². The van der Waals surface area contributed by atoms with Crippen molar-refractivity contribution in [3.8, 4) is 0 Å². The molecule has 1 atom stereocenters. The lowest BCUT2D eigenvalue weighted by molar-refractivity contribution is -0.385. The summed E-state index contributed by atoms with van der Waals surface area (Å²) in [6.45, 7) is 0. The number of nitro benzene ring substituents is 1. The minimum Gasteiger partial charge on any atom is -0.367 e. The molecule has 0 bridgehead atoms. The fourth-order valence-electron chi connectivity index (χ4n) is 2.63. The van der Waals surface area contributed by atoms with Crippen molar-refractivity contribution < 1.29 is 22.9 Å². The van der Waals surface area contributed by atoms with Gasteiger partial charge in [0.2, 0.25) is 0 Å². The molecule has 0 saturated carbocycles. The molecular formula is C15H10F3N5O5. The lowest BCUT2D eigenvalue weighted by Gasteiger charge is -2.19. The van der Waals surface area contributed by atoms with Crippen LogP contribution >= 0.6 is 0 Å². The highest BCUT2D eigenvalue weighted by molar-refractivity contribution is 5.84. The van der Waals surface area contributed by atoms with Crippen molar-refractivity contribution in [2.75, 3.05) is 0 Å². The number of aromatic nitrogens is 3. The summed E-state index contributed by atoms with van der Waals surface area (Å²) in [5.41, 5.74) is -3.15. The first-order valence-electron chi connectivity index (χ1n) is 7.53. The van der Waals surface area contributed by atoms with Gasteiger partial charge in [-0.3, -0.25) is 24.5 Å². The molecule has 0 aliphatic rings. The number of hydrogen-bond donors (Lipinski definition) is 4. The van der Waals surface area contributed by atoms with Crippen LogP contribution in [-0.2, 0) is 4.79 Å². The van der Waals surface area contributed by atoms with Crippen molar-refractivity contribution in [3.63, 3.8) is 0 Å². The topological polar surface area (TPSA) is 154 Å². The lowest BCUT2D eigenvalue weighted by atomic mass is 9.98. The Morgan fingerprint density at radius 3 is 2.25 bits per heavy atom. The van der Waals surface area contributed by atoms with E-state index in [9.17, 15) is 37.7 Å². The average molecular weight is 397 g/mol. The fourth-order valence-corrected chi connectivity index (χ4v) is 2.63. The summed E-state index contributed by atoms with van der Waals surface area (Å²) in [5.74, 6) is -2.30. The van der Waals surface area contributed by atoms with Crippen LogP contribution in [0.5, 0.6) is 0 Å². The third-order valence-electron chi connectivity index (χ3n) is 3.87. The second kappa shape index (κ2) is 6.68. The number of halogens is 3. The molecule has 28 heavy (non-hydrogen) atoms. The molecule has 0 saturated heterocycles. The van der Waals surface area contributed by atoms with E-state index in [0.717, 1.165) is 12.1 Å². The number of rotatable bonds is 4. The smallest absolute Gasteiger partial charge is 0.367 e. The van der Waals surface area contributed by atoms with Gasteiger partial charge in [-0.2, -0.15) is 13.2 Å². The molecule has 2 heterocycles. The molecule has 2 aromatic heterocycles. The summed E-state index contributed by atoms with van der Waals surface area (Å²) in [6, 6.07) is 1.69. The molecule has 0 aliphatic heterocycles. The van der Waals surface area contributed by atoms with Crippen LogP contribution < -0.4 is 16.4 Å². The van der Waals surface area contributed by atoms with Crippen LogP contribution in [0.1, 0.15) is 17.2 Å². The molecule has 0 aliphatic carbocycles. The number of amides is 1. The van der Waals surface area contributed by atoms with E-state index in [1.165, 1.54) is 18.5 Å². The SMILES string of the molecule is O=C(NC(c1cc[nH]c1)c1cc2[nH]c(=O)c(=O)[nH]c2cc1[N+](=O)[O-])C(F)(F)F. The van der Waals surface area contributed by atoms with Crippen LogP contribution in [-0.4, -0.2) is 32.0 Å². The van der Waals surface area contributed by atoms with Crippen LogP contribution in [0.15, 0.2) is 40.2 Å². The molecule has 13 heteroatoms. The first kappa shape index (κ1) is 18.9. The number of nitrogens with zero attached hydrogens (tertiary/aromatic N) is 1. The van der Waals surface area contributed by atoms with Gasteiger partial charge >= 0.3 is 23.2 Å². The zero-order chi connectivity index (χ0) is 20.6. The fraction of sp³-hybridized carbons (Fsp3) is 0.133. The first-order valence-corrected chi connectivity index (χ1v) is 7.53. The Morgan fingerprint density at radius 1 is 1.14 bits per heavy atom. The highest BCUT2D eigenvalue weighted by Crippen LogP contribution is 2.33. The Bertz CT molecular complexity index is 1180. The molecule has 146 valence electrons. The van der Waals surface area contributed by atoms with Crippen LogP contribution in [0.2, 0.25) is 0 Å². The van der Waals surface area contributed by atoms with E-state index in [4.69, 9.17) is 0 Å². The van der Waals surface area contributed by atoms with Crippen LogP contribution in [0.25, 0.3) is 11.0 Å². The van der Waals surface area contributed by atoms with Crippen molar-refractivity contribution in [1.82, 2.24) is 20.3 Å². The normalized spacial score (nSPS) is 12.7. The summed E-state index contributed by atoms with van der Waals surface area (Å²) < 4.78 is 38.2. The minimum atomic E-state index is -5.22. The monoisotopic (exact) mass is 397 g/mol. The minimum absolute atomic E-state index is 0.0630. The van der Waals surface area contributed by atoms with E-state index in [-0.39, 0.29) is 22.2 Å². The van der Waals surface area contributed by atoms with Crippen LogP contribution in [0, 0.1) is 10.1 Å². The van der Waals surface area contributed by atoms with Gasteiger partial charge in [-0.15, -0.1) is 0 Å². The molecule has 3 aromatic rings. The van der Waals surface area contributed by atoms with Gasteiger partial charge in [0.1, 0.15) is 0 Å². The third kappa shape index (κ3) is 3.49. The summed E-state index contributed by atoms with van der Waals surface area (Å²) in [6.07, 6.45) is -2.61.